The first-order valence-electron chi connectivity index (χ1n) is 5.53. The molecule has 0 amide bonds. The number of nitrogens with one attached hydrogen (secondary N) is 1. The molecule has 19 heavy (non-hydrogen) atoms. The zero-order chi connectivity index (χ0) is 14.0. The minimum absolute atomic E-state index is 0.0500. The molecule has 1 N–H and O–H groups in total. The first-order valence-corrected chi connectivity index (χ1v) is 7.27. The summed E-state index contributed by atoms with van der Waals surface area (Å²) in [5, 5.41) is 7.00. The fourth-order valence-electron chi connectivity index (χ4n) is 1.65. The molecule has 0 bridgehead atoms. The molecule has 1 aromatic carbocycles. The molecule has 1 aromatic heterocycles. The Morgan fingerprint density at radius 3 is 2.58 bits per heavy atom. The van der Waals surface area contributed by atoms with Crippen LogP contribution >= 0.6 is 27.3 Å². The van der Waals surface area contributed by atoms with Crippen LogP contribution in [-0.4, -0.2) is 0 Å². The molecule has 0 fully saturated rings. The SMILES string of the molecule is CC(Nc1cc(C(F)(F)F)ccc1Br)c1ccsc1. The van der Waals surface area contributed by atoms with Crippen molar-refractivity contribution in [1.29, 1.82) is 0 Å². The summed E-state index contributed by atoms with van der Waals surface area (Å²) >= 11 is 4.82. The van der Waals surface area contributed by atoms with Crippen LogP contribution in [0.3, 0.4) is 0 Å². The molecular formula is C13H11BrF3NS. The van der Waals surface area contributed by atoms with Gasteiger partial charge >= 0.3 is 6.18 Å². The van der Waals surface area contributed by atoms with E-state index in [1.54, 1.807) is 11.3 Å². The molecule has 0 aliphatic carbocycles. The van der Waals surface area contributed by atoms with Gasteiger partial charge in [0.1, 0.15) is 0 Å². The lowest BCUT2D eigenvalue weighted by Crippen LogP contribution is -2.09. The van der Waals surface area contributed by atoms with Crippen LogP contribution in [0.15, 0.2) is 39.5 Å². The van der Waals surface area contributed by atoms with E-state index in [1.165, 1.54) is 6.07 Å². The molecule has 102 valence electrons. The fourth-order valence-corrected chi connectivity index (χ4v) is 2.77. The van der Waals surface area contributed by atoms with Crippen LogP contribution in [0.2, 0.25) is 0 Å². The maximum absolute atomic E-state index is 12.7. The van der Waals surface area contributed by atoms with Gasteiger partial charge in [-0.25, -0.2) is 0 Å². The van der Waals surface area contributed by atoms with Gasteiger partial charge in [-0.2, -0.15) is 24.5 Å². The summed E-state index contributed by atoms with van der Waals surface area (Å²) in [5.41, 5.74) is 0.832. The van der Waals surface area contributed by atoms with E-state index in [0.29, 0.717) is 10.2 Å². The monoisotopic (exact) mass is 349 g/mol. The second kappa shape index (κ2) is 5.54. The maximum atomic E-state index is 12.7. The third-order valence-electron chi connectivity index (χ3n) is 2.71. The topological polar surface area (TPSA) is 12.0 Å². The molecule has 6 heteroatoms. The summed E-state index contributed by atoms with van der Waals surface area (Å²) in [4.78, 5) is 0. The van der Waals surface area contributed by atoms with Crippen molar-refractivity contribution in [1.82, 2.24) is 0 Å². The molecule has 1 atom stereocenters. The lowest BCUT2D eigenvalue weighted by Gasteiger charge is -2.17. The second-order valence-corrected chi connectivity index (χ2v) is 5.75. The van der Waals surface area contributed by atoms with Gasteiger partial charge in [-0.1, -0.05) is 0 Å². The van der Waals surface area contributed by atoms with E-state index in [-0.39, 0.29) is 6.04 Å². The Morgan fingerprint density at radius 1 is 1.26 bits per heavy atom. The first kappa shape index (κ1) is 14.4. The number of rotatable bonds is 3. The molecule has 2 aromatic rings. The van der Waals surface area contributed by atoms with Crippen molar-refractivity contribution in [2.24, 2.45) is 0 Å². The summed E-state index contributed by atoms with van der Waals surface area (Å²) in [6.45, 7) is 1.91. The van der Waals surface area contributed by atoms with E-state index >= 15 is 0 Å². The van der Waals surface area contributed by atoms with E-state index in [0.717, 1.165) is 17.7 Å². The van der Waals surface area contributed by atoms with Gasteiger partial charge in [0.15, 0.2) is 0 Å². The molecule has 0 aliphatic heterocycles. The lowest BCUT2D eigenvalue weighted by molar-refractivity contribution is -0.137. The van der Waals surface area contributed by atoms with Crippen molar-refractivity contribution in [3.63, 3.8) is 0 Å². The van der Waals surface area contributed by atoms with Gasteiger partial charge in [-0.05, 0) is 63.4 Å². The smallest absolute Gasteiger partial charge is 0.378 e. The van der Waals surface area contributed by atoms with Crippen molar-refractivity contribution >= 4 is 33.0 Å². The van der Waals surface area contributed by atoms with Gasteiger partial charge in [0.05, 0.1) is 5.56 Å². The Hall–Kier alpha value is -1.01. The van der Waals surface area contributed by atoms with Crippen LogP contribution in [-0.2, 0) is 6.18 Å². The Bertz CT molecular complexity index is 552. The number of anilines is 1. The van der Waals surface area contributed by atoms with Gasteiger partial charge in [0.2, 0.25) is 0 Å². The van der Waals surface area contributed by atoms with Crippen LogP contribution in [0.4, 0.5) is 18.9 Å². The fraction of sp³-hybridized carbons (Fsp3) is 0.231. The second-order valence-electron chi connectivity index (χ2n) is 4.12. The first-order chi connectivity index (χ1) is 8.88. The summed E-state index contributed by atoms with van der Waals surface area (Å²) in [6.07, 6.45) is -4.33. The van der Waals surface area contributed by atoms with Crippen LogP contribution < -0.4 is 5.32 Å². The van der Waals surface area contributed by atoms with Crippen LogP contribution in [0.1, 0.15) is 24.1 Å². The van der Waals surface area contributed by atoms with Gasteiger partial charge in [-0.3, -0.25) is 0 Å². The molecule has 0 saturated carbocycles. The summed E-state index contributed by atoms with van der Waals surface area (Å²) in [7, 11) is 0. The summed E-state index contributed by atoms with van der Waals surface area (Å²) < 4.78 is 38.6. The average molecular weight is 350 g/mol. The Morgan fingerprint density at radius 2 is 2.00 bits per heavy atom. The quantitative estimate of drug-likeness (QED) is 0.748. The Balaban J connectivity index is 2.25. The van der Waals surface area contributed by atoms with Crippen molar-refractivity contribution in [3.05, 3.63) is 50.6 Å². The minimum Gasteiger partial charge on any atom is -0.378 e. The normalized spacial score (nSPS) is 13.3. The van der Waals surface area contributed by atoms with E-state index in [4.69, 9.17) is 0 Å². The third-order valence-corrected chi connectivity index (χ3v) is 4.10. The molecule has 0 saturated heterocycles. The highest BCUT2D eigenvalue weighted by Gasteiger charge is 2.31. The maximum Gasteiger partial charge on any atom is 0.416 e. The average Bonchev–Trinajstić information content (AvgIpc) is 2.84. The largest absolute Gasteiger partial charge is 0.416 e. The molecule has 1 nitrogen and oxygen atoms in total. The van der Waals surface area contributed by atoms with Crippen LogP contribution in [0, 0.1) is 0 Å². The van der Waals surface area contributed by atoms with E-state index < -0.39 is 11.7 Å². The highest BCUT2D eigenvalue weighted by atomic mass is 79.9. The lowest BCUT2D eigenvalue weighted by atomic mass is 10.1. The number of halogens is 4. The number of alkyl halides is 3. The summed E-state index contributed by atoms with van der Waals surface area (Å²) in [5.74, 6) is 0. The molecular weight excluding hydrogens is 339 g/mol. The Labute approximate surface area is 121 Å². The van der Waals surface area contributed by atoms with E-state index in [9.17, 15) is 13.2 Å². The van der Waals surface area contributed by atoms with E-state index in [1.807, 2.05) is 23.8 Å². The minimum atomic E-state index is -4.33. The standard InChI is InChI=1S/C13H11BrF3NS/c1-8(9-4-5-19-7-9)18-12-6-10(13(15,16)17)2-3-11(12)14/h2-8,18H,1H3. The highest BCUT2D eigenvalue weighted by Crippen LogP contribution is 2.35. The zero-order valence-corrected chi connectivity index (χ0v) is 12.4. The van der Waals surface area contributed by atoms with Crippen molar-refractivity contribution in [2.75, 3.05) is 5.32 Å². The van der Waals surface area contributed by atoms with Gasteiger partial charge in [0.25, 0.3) is 0 Å². The van der Waals surface area contributed by atoms with Crippen molar-refractivity contribution < 1.29 is 13.2 Å². The third kappa shape index (κ3) is 3.51. The number of thiophene rings is 1. The number of hydrogen-bond donors (Lipinski definition) is 1. The molecule has 1 unspecified atom stereocenters. The van der Waals surface area contributed by atoms with Gasteiger partial charge in [0, 0.05) is 16.2 Å². The van der Waals surface area contributed by atoms with Gasteiger partial charge < -0.3 is 5.32 Å². The van der Waals surface area contributed by atoms with Crippen LogP contribution in [0.5, 0.6) is 0 Å². The molecule has 2 rings (SSSR count). The van der Waals surface area contributed by atoms with Crippen LogP contribution in [0.25, 0.3) is 0 Å². The molecule has 0 spiro atoms. The van der Waals surface area contributed by atoms with Crippen molar-refractivity contribution in [3.8, 4) is 0 Å². The highest BCUT2D eigenvalue weighted by molar-refractivity contribution is 9.10. The number of benzene rings is 1. The number of hydrogen-bond acceptors (Lipinski definition) is 2. The predicted octanol–water partition coefficient (Wildman–Crippen LogP) is 5.70. The molecule has 1 heterocycles. The molecule has 0 aliphatic rings. The zero-order valence-electron chi connectivity index (χ0n) is 9.96. The van der Waals surface area contributed by atoms with Gasteiger partial charge in [-0.15, -0.1) is 0 Å². The van der Waals surface area contributed by atoms with Crippen molar-refractivity contribution in [2.45, 2.75) is 19.1 Å². The Kier molecular flexibility index (Phi) is 4.20. The van der Waals surface area contributed by atoms with E-state index in [2.05, 4.69) is 21.2 Å². The predicted molar refractivity (Wildman–Crippen MR) is 75.5 cm³/mol. The molecule has 0 radical (unpaired) electrons. The summed E-state index contributed by atoms with van der Waals surface area (Å²) in [6, 6.07) is 5.48.